The number of methoxy groups -OCH3 is 1. The summed E-state index contributed by atoms with van der Waals surface area (Å²) in [6, 6.07) is 15.1. The maximum Gasteiger partial charge on any atom is 0.255 e. The summed E-state index contributed by atoms with van der Waals surface area (Å²) in [5.41, 5.74) is 9.95. The number of imidazole rings is 1. The van der Waals surface area contributed by atoms with E-state index in [9.17, 15) is 9.59 Å². The average Bonchev–Trinajstić information content (AvgIpc) is 3.54. The molecule has 2 aliphatic heterocycles. The van der Waals surface area contributed by atoms with E-state index in [4.69, 9.17) is 15.5 Å². The number of benzene rings is 2. The minimum Gasteiger partial charge on any atom is -0.496 e. The van der Waals surface area contributed by atoms with Crippen molar-refractivity contribution < 1.29 is 14.3 Å². The number of nitrogens with two attached hydrogens (primary N) is 1. The molecule has 0 saturated carbocycles. The Labute approximate surface area is 226 Å². The number of hydrogen-bond donors (Lipinski definition) is 3. The highest BCUT2D eigenvalue weighted by molar-refractivity contribution is 5.96. The number of nitrogens with zero attached hydrogens (tertiary/aromatic N) is 4. The largest absolute Gasteiger partial charge is 0.496 e. The molecule has 2 saturated heterocycles. The van der Waals surface area contributed by atoms with Gasteiger partial charge in [-0.25, -0.2) is 9.97 Å². The number of nitrogens with one attached hydrogen (secondary N) is 2. The van der Waals surface area contributed by atoms with Gasteiger partial charge in [-0.1, -0.05) is 36.4 Å². The number of para-hydroxylation sites is 1. The average molecular weight is 526 g/mol. The summed E-state index contributed by atoms with van der Waals surface area (Å²) in [5.74, 6) is 1.73. The van der Waals surface area contributed by atoms with E-state index in [2.05, 4.69) is 20.5 Å². The van der Waals surface area contributed by atoms with E-state index >= 15 is 0 Å². The summed E-state index contributed by atoms with van der Waals surface area (Å²) >= 11 is 0. The van der Waals surface area contributed by atoms with Gasteiger partial charge in [-0.05, 0) is 37.0 Å². The fourth-order valence-corrected chi connectivity index (χ4v) is 5.69. The number of rotatable bonds is 6. The molecule has 0 aliphatic carbocycles. The monoisotopic (exact) mass is 525 g/mol. The molecule has 0 unspecified atom stereocenters. The minimum absolute atomic E-state index is 0.184. The van der Waals surface area contributed by atoms with Crippen LogP contribution in [0.1, 0.15) is 35.2 Å². The normalized spacial score (nSPS) is 16.4. The highest BCUT2D eigenvalue weighted by Crippen LogP contribution is 2.40. The predicted molar refractivity (Wildman–Crippen MR) is 149 cm³/mol. The maximum absolute atomic E-state index is 12.7. The molecule has 4 aromatic rings. The Morgan fingerprint density at radius 3 is 2.62 bits per heavy atom. The Balaban J connectivity index is 1.22. The predicted octanol–water partition coefficient (Wildman–Crippen LogP) is 3.02. The van der Waals surface area contributed by atoms with Gasteiger partial charge in [0.05, 0.1) is 18.1 Å². The van der Waals surface area contributed by atoms with Crippen LogP contribution in [0.3, 0.4) is 0 Å². The van der Waals surface area contributed by atoms with E-state index in [1.165, 1.54) is 0 Å². The third-order valence-corrected chi connectivity index (χ3v) is 7.97. The molecule has 0 bridgehead atoms. The van der Waals surface area contributed by atoms with Crippen LogP contribution in [0.4, 0.5) is 11.8 Å². The van der Waals surface area contributed by atoms with Gasteiger partial charge in [0.25, 0.3) is 5.91 Å². The maximum atomic E-state index is 12.7. The first-order valence-corrected chi connectivity index (χ1v) is 13.2. The van der Waals surface area contributed by atoms with Crippen LogP contribution in [0.25, 0.3) is 16.8 Å². The summed E-state index contributed by atoms with van der Waals surface area (Å²) in [6.45, 7) is 2.63. The second kappa shape index (κ2) is 9.94. The quantitative estimate of drug-likeness (QED) is 0.353. The van der Waals surface area contributed by atoms with E-state index < -0.39 is 0 Å². The van der Waals surface area contributed by atoms with Crippen molar-refractivity contribution in [2.75, 3.05) is 37.4 Å². The number of hydrogen-bond acceptors (Lipinski definition) is 7. The fourth-order valence-electron chi connectivity index (χ4n) is 5.69. The Hall–Kier alpha value is -4.60. The first kappa shape index (κ1) is 24.7. The summed E-state index contributed by atoms with van der Waals surface area (Å²) in [6.07, 6.45) is 6.07. The van der Waals surface area contributed by atoms with Gasteiger partial charge >= 0.3 is 0 Å². The first-order valence-electron chi connectivity index (χ1n) is 13.2. The van der Waals surface area contributed by atoms with Crippen molar-refractivity contribution >= 4 is 29.1 Å². The molecule has 10 nitrogen and oxygen atoms in total. The highest BCUT2D eigenvalue weighted by Gasteiger charge is 2.44. The van der Waals surface area contributed by atoms with Crippen molar-refractivity contribution in [1.29, 1.82) is 0 Å². The van der Waals surface area contributed by atoms with Gasteiger partial charge in [-0.3, -0.25) is 14.0 Å². The molecule has 0 radical (unpaired) electrons. The van der Waals surface area contributed by atoms with Crippen LogP contribution in [0.15, 0.2) is 60.9 Å². The zero-order valence-corrected chi connectivity index (χ0v) is 21.8. The second-order valence-corrected chi connectivity index (χ2v) is 10.1. The van der Waals surface area contributed by atoms with Crippen molar-refractivity contribution in [2.45, 2.75) is 25.8 Å². The van der Waals surface area contributed by atoms with Crippen molar-refractivity contribution in [3.8, 4) is 17.0 Å². The molecule has 2 aromatic heterocycles. The van der Waals surface area contributed by atoms with E-state index in [-0.39, 0.29) is 17.2 Å². The molecule has 4 heterocycles. The Morgan fingerprint density at radius 1 is 1.13 bits per heavy atom. The lowest BCUT2D eigenvalue weighted by Crippen LogP contribution is -2.44. The van der Waals surface area contributed by atoms with Crippen molar-refractivity contribution in [1.82, 2.24) is 25.0 Å². The van der Waals surface area contributed by atoms with Crippen LogP contribution in [0, 0.1) is 5.41 Å². The number of piperidine rings is 1. The van der Waals surface area contributed by atoms with Crippen molar-refractivity contribution in [3.05, 3.63) is 72.1 Å². The smallest absolute Gasteiger partial charge is 0.255 e. The Bertz CT molecular complexity index is 1540. The van der Waals surface area contributed by atoms with Crippen LogP contribution in [0.2, 0.25) is 0 Å². The SMILES string of the molecule is COc1ccccc1C(=O)NCc1ccc(-c2nc(N3CCC4(CCNC4=O)CC3)n3ccnc(N)c23)cc1. The van der Waals surface area contributed by atoms with Crippen LogP contribution in [0.5, 0.6) is 5.75 Å². The van der Waals surface area contributed by atoms with Gasteiger partial charge in [-0.15, -0.1) is 0 Å². The molecule has 200 valence electrons. The topological polar surface area (TPSA) is 127 Å². The fraction of sp³-hybridized carbons (Fsp3) is 0.310. The zero-order valence-electron chi connectivity index (χ0n) is 21.8. The number of ether oxygens (including phenoxy) is 1. The molecule has 2 aliphatic rings. The lowest BCUT2D eigenvalue weighted by atomic mass is 9.77. The molecule has 0 atom stereocenters. The molecule has 2 aromatic carbocycles. The first-order chi connectivity index (χ1) is 19.0. The van der Waals surface area contributed by atoms with Crippen molar-refractivity contribution in [3.63, 3.8) is 0 Å². The summed E-state index contributed by atoms with van der Waals surface area (Å²) in [5, 5.41) is 5.95. The van der Waals surface area contributed by atoms with E-state index in [0.29, 0.717) is 23.7 Å². The molecular formula is C29H31N7O3. The lowest BCUT2D eigenvalue weighted by molar-refractivity contribution is -0.128. The number of amides is 2. The number of nitrogen functional groups attached to an aromatic ring is 1. The number of anilines is 2. The molecule has 39 heavy (non-hydrogen) atoms. The van der Waals surface area contributed by atoms with E-state index in [0.717, 1.165) is 67.2 Å². The molecule has 1 spiro atoms. The molecule has 10 heteroatoms. The third kappa shape index (κ3) is 4.41. The second-order valence-electron chi connectivity index (χ2n) is 10.1. The minimum atomic E-state index is -0.246. The van der Waals surface area contributed by atoms with Gasteiger partial charge in [0, 0.05) is 44.1 Å². The number of carbonyl (C=O) groups excluding carboxylic acids is 2. The molecular weight excluding hydrogens is 494 g/mol. The van der Waals surface area contributed by atoms with Crippen LogP contribution < -0.4 is 26.0 Å². The van der Waals surface area contributed by atoms with Crippen molar-refractivity contribution in [2.24, 2.45) is 5.41 Å². The van der Waals surface area contributed by atoms with Gasteiger partial charge < -0.3 is 26.0 Å². The van der Waals surface area contributed by atoms with Gasteiger partial charge in [0.1, 0.15) is 22.8 Å². The van der Waals surface area contributed by atoms with E-state index in [1.54, 1.807) is 25.4 Å². The zero-order chi connectivity index (χ0) is 27.0. The van der Waals surface area contributed by atoms with Gasteiger partial charge in [0.2, 0.25) is 11.9 Å². The highest BCUT2D eigenvalue weighted by atomic mass is 16.5. The Morgan fingerprint density at radius 2 is 1.90 bits per heavy atom. The Kier molecular flexibility index (Phi) is 6.30. The van der Waals surface area contributed by atoms with Crippen LogP contribution in [-0.4, -0.2) is 52.9 Å². The van der Waals surface area contributed by atoms with Gasteiger partial charge in [-0.2, -0.15) is 0 Å². The standard InChI is InChI=1S/C29H31N7O3/c1-39-22-5-3-2-4-21(22)26(37)33-18-19-6-8-20(9-7-19)23-24-25(30)31-14-17-36(24)28(34-23)35-15-11-29(12-16-35)10-13-32-27(29)38/h2-9,14,17H,10-13,15-16,18H2,1H3,(H2,30,31)(H,32,38)(H,33,37). The molecule has 2 fully saturated rings. The lowest BCUT2D eigenvalue weighted by Gasteiger charge is -2.37. The molecule has 6 rings (SSSR count). The summed E-state index contributed by atoms with van der Waals surface area (Å²) < 4.78 is 7.29. The summed E-state index contributed by atoms with van der Waals surface area (Å²) in [7, 11) is 1.55. The number of carbonyl (C=O) groups is 2. The molecule has 4 N–H and O–H groups in total. The van der Waals surface area contributed by atoms with Crippen LogP contribution >= 0.6 is 0 Å². The van der Waals surface area contributed by atoms with Gasteiger partial charge in [0.15, 0.2) is 0 Å². The molecule has 2 amide bonds. The van der Waals surface area contributed by atoms with E-state index in [1.807, 2.05) is 47.0 Å². The summed E-state index contributed by atoms with van der Waals surface area (Å²) in [4.78, 5) is 36.7. The number of aromatic nitrogens is 3. The third-order valence-electron chi connectivity index (χ3n) is 7.97. The van der Waals surface area contributed by atoms with Crippen LogP contribution in [-0.2, 0) is 11.3 Å². The number of fused-ring (bicyclic) bond motifs is 1.